The fraction of sp³-hybridized carbons (Fsp3) is 0.600. The predicted octanol–water partition coefficient (Wildman–Crippen LogP) is 6.35. The van der Waals surface area contributed by atoms with Gasteiger partial charge in [0.25, 0.3) is 0 Å². The number of halogens is 1. The zero-order chi connectivity index (χ0) is 36.8. The molecule has 1 N–H and O–H groups in total. The van der Waals surface area contributed by atoms with Gasteiger partial charge in [-0.15, -0.1) is 0 Å². The standard InChI is InChI=1S/C20H26FNO3.C20H27NO4/c1-13(14-8-6-5-7-9-14)22-12-20(18(24)25-19(2,3)4)11-15(21)10-16(20)17(22)23;1-13(14-8-6-5-7-9-14)21-12-20(18(24)25-19(2,3)4)11-15(22)10-16(20)17(21)23/h5-9,13,15-16H,10-12H2,1-4H3;5-9,13,15-16,22H,10-12H2,1-4H3/t2*13-,15?,16-,20-/m11/s1. The minimum absolute atomic E-state index is 0.0567. The van der Waals surface area contributed by atoms with Crippen molar-refractivity contribution in [2.24, 2.45) is 22.7 Å². The van der Waals surface area contributed by atoms with Gasteiger partial charge in [-0.1, -0.05) is 60.7 Å². The molecular formula is C40H53FN2O7. The van der Waals surface area contributed by atoms with Crippen molar-refractivity contribution in [3.8, 4) is 0 Å². The van der Waals surface area contributed by atoms with Crippen molar-refractivity contribution in [3.63, 3.8) is 0 Å². The highest BCUT2D eigenvalue weighted by molar-refractivity contribution is 5.94. The van der Waals surface area contributed by atoms with Crippen molar-refractivity contribution < 1.29 is 38.1 Å². The Labute approximate surface area is 295 Å². The van der Waals surface area contributed by atoms with E-state index in [0.29, 0.717) is 13.0 Å². The lowest BCUT2D eigenvalue weighted by atomic mass is 9.80. The molecular weight excluding hydrogens is 639 g/mol. The first-order chi connectivity index (χ1) is 23.3. The number of benzene rings is 2. The van der Waals surface area contributed by atoms with E-state index >= 15 is 0 Å². The molecule has 2 saturated heterocycles. The Morgan fingerprint density at radius 1 is 0.720 bits per heavy atom. The summed E-state index contributed by atoms with van der Waals surface area (Å²) in [5.41, 5.74) is -1.24. The van der Waals surface area contributed by atoms with E-state index < -0.39 is 52.1 Å². The number of hydrogen-bond donors (Lipinski definition) is 1. The van der Waals surface area contributed by atoms with Crippen molar-refractivity contribution >= 4 is 23.8 Å². The molecule has 2 aromatic rings. The first-order valence-electron chi connectivity index (χ1n) is 17.8. The summed E-state index contributed by atoms with van der Waals surface area (Å²) >= 11 is 0. The van der Waals surface area contributed by atoms with Crippen LogP contribution in [0.5, 0.6) is 0 Å². The van der Waals surface area contributed by atoms with Crippen LogP contribution in [0.15, 0.2) is 60.7 Å². The zero-order valence-electron chi connectivity index (χ0n) is 30.6. The maximum Gasteiger partial charge on any atom is 0.315 e. The summed E-state index contributed by atoms with van der Waals surface area (Å²) in [4.78, 5) is 55.3. The summed E-state index contributed by atoms with van der Waals surface area (Å²) in [5, 5.41) is 10.1. The normalized spacial score (nSPS) is 30.3. The van der Waals surface area contributed by atoms with Crippen LogP contribution in [0.3, 0.4) is 0 Å². The first kappa shape index (κ1) is 37.5. The van der Waals surface area contributed by atoms with E-state index in [0.717, 1.165) is 11.1 Å². The van der Waals surface area contributed by atoms with Crippen molar-refractivity contribution in [2.75, 3.05) is 13.1 Å². The van der Waals surface area contributed by atoms with E-state index in [1.54, 1.807) is 30.6 Å². The topological polar surface area (TPSA) is 113 Å². The predicted molar refractivity (Wildman–Crippen MR) is 186 cm³/mol. The highest BCUT2D eigenvalue weighted by atomic mass is 19.1. The van der Waals surface area contributed by atoms with E-state index in [-0.39, 0.29) is 55.7 Å². The number of carbonyl (C=O) groups is 4. The third-order valence-electron chi connectivity index (χ3n) is 10.7. The molecule has 0 aromatic heterocycles. The van der Waals surface area contributed by atoms with E-state index in [1.807, 2.05) is 95.3 Å². The minimum atomic E-state index is -1.13. The van der Waals surface area contributed by atoms with Gasteiger partial charge in [0.1, 0.15) is 17.4 Å². The van der Waals surface area contributed by atoms with Crippen LogP contribution in [-0.4, -0.2) is 75.2 Å². The van der Waals surface area contributed by atoms with Gasteiger partial charge in [0.05, 0.1) is 40.9 Å². The second-order valence-corrected chi connectivity index (χ2v) is 16.7. The second kappa shape index (κ2) is 13.7. The SMILES string of the molecule is C[C@H](c1ccccc1)N1C[C@]2(C(=O)OC(C)(C)C)CC(F)C[C@@H]2C1=O.C[C@H](c1ccccc1)N1C[C@]2(C(=O)OC(C)(C)C)CC(O)C[C@@H]2C1=O. The van der Waals surface area contributed by atoms with Crippen LogP contribution < -0.4 is 0 Å². The number of likely N-dealkylation sites (tertiary alicyclic amines) is 2. The van der Waals surface area contributed by atoms with Gasteiger partial charge < -0.3 is 24.4 Å². The highest BCUT2D eigenvalue weighted by Crippen LogP contribution is 2.54. The number of aliphatic hydroxyl groups is 1. The molecule has 2 aromatic carbocycles. The lowest BCUT2D eigenvalue weighted by molar-refractivity contribution is -0.170. The molecule has 0 radical (unpaired) electrons. The Balaban J connectivity index is 0.000000194. The summed E-state index contributed by atoms with van der Waals surface area (Å²) in [6, 6.07) is 19.2. The summed E-state index contributed by atoms with van der Waals surface area (Å²) < 4.78 is 25.3. The van der Waals surface area contributed by atoms with Gasteiger partial charge in [-0.25, -0.2) is 4.39 Å². The molecule has 0 bridgehead atoms. The molecule has 4 aliphatic rings. The molecule has 6 rings (SSSR count). The van der Waals surface area contributed by atoms with Gasteiger partial charge in [-0.2, -0.15) is 0 Å². The van der Waals surface area contributed by atoms with Gasteiger partial charge in [0.2, 0.25) is 11.8 Å². The van der Waals surface area contributed by atoms with Gasteiger partial charge in [0.15, 0.2) is 0 Å². The Kier molecular flexibility index (Phi) is 10.3. The number of rotatable bonds is 6. The first-order valence-corrected chi connectivity index (χ1v) is 17.8. The number of amides is 2. The summed E-state index contributed by atoms with van der Waals surface area (Å²) in [6.45, 7) is 15.3. The van der Waals surface area contributed by atoms with Gasteiger partial charge in [-0.05, 0) is 92.2 Å². The van der Waals surface area contributed by atoms with E-state index in [2.05, 4.69) is 0 Å². The average Bonchev–Trinajstić information content (AvgIpc) is 3.73. The van der Waals surface area contributed by atoms with Crippen molar-refractivity contribution in [2.45, 2.75) is 117 Å². The summed E-state index contributed by atoms with van der Waals surface area (Å²) in [7, 11) is 0. The number of ether oxygens (including phenoxy) is 2. The average molecular weight is 693 g/mol. The molecule has 50 heavy (non-hydrogen) atoms. The molecule has 2 heterocycles. The van der Waals surface area contributed by atoms with Crippen LogP contribution in [0.2, 0.25) is 0 Å². The van der Waals surface area contributed by atoms with Crippen LogP contribution in [0.25, 0.3) is 0 Å². The van der Waals surface area contributed by atoms with Gasteiger partial charge in [0, 0.05) is 13.1 Å². The molecule has 2 aliphatic carbocycles. The lowest BCUT2D eigenvalue weighted by Crippen LogP contribution is -2.41. The number of esters is 2. The number of aliphatic hydroxyl groups excluding tert-OH is 1. The number of fused-ring (bicyclic) bond motifs is 2. The lowest BCUT2D eigenvalue weighted by Gasteiger charge is -2.31. The Bertz CT molecular complexity index is 1450. The van der Waals surface area contributed by atoms with Crippen LogP contribution >= 0.6 is 0 Å². The summed E-state index contributed by atoms with van der Waals surface area (Å²) in [5.74, 6) is -2.12. The maximum absolute atomic E-state index is 14.1. The number of nitrogens with zero attached hydrogens (tertiary/aromatic N) is 2. The van der Waals surface area contributed by atoms with Crippen molar-refractivity contribution in [1.29, 1.82) is 0 Å². The third-order valence-corrected chi connectivity index (χ3v) is 10.7. The molecule has 4 fully saturated rings. The number of carbonyl (C=O) groups excluding carboxylic acids is 4. The Hall–Kier alpha value is -3.79. The van der Waals surface area contributed by atoms with Gasteiger partial charge in [-0.3, -0.25) is 19.2 Å². The fourth-order valence-electron chi connectivity index (χ4n) is 8.25. The van der Waals surface area contributed by atoms with Crippen LogP contribution in [-0.2, 0) is 28.7 Å². The number of hydrogen-bond acceptors (Lipinski definition) is 7. The quantitative estimate of drug-likeness (QED) is 0.351. The molecule has 272 valence electrons. The van der Waals surface area contributed by atoms with Gasteiger partial charge >= 0.3 is 11.9 Å². The maximum atomic E-state index is 14.1. The Morgan fingerprint density at radius 2 is 1.10 bits per heavy atom. The largest absolute Gasteiger partial charge is 0.459 e. The molecule has 10 heteroatoms. The molecule has 9 nitrogen and oxygen atoms in total. The highest BCUT2D eigenvalue weighted by Gasteiger charge is 2.65. The minimum Gasteiger partial charge on any atom is -0.459 e. The van der Waals surface area contributed by atoms with E-state index in [9.17, 15) is 28.7 Å². The Morgan fingerprint density at radius 3 is 1.50 bits per heavy atom. The molecule has 8 atom stereocenters. The number of alkyl halides is 1. The van der Waals surface area contributed by atoms with Crippen LogP contribution in [0, 0.1) is 22.7 Å². The van der Waals surface area contributed by atoms with E-state index in [4.69, 9.17) is 9.47 Å². The molecule has 0 spiro atoms. The molecule has 2 aliphatic heterocycles. The molecule has 2 amide bonds. The van der Waals surface area contributed by atoms with Crippen molar-refractivity contribution in [1.82, 2.24) is 9.80 Å². The van der Waals surface area contributed by atoms with Crippen molar-refractivity contribution in [3.05, 3.63) is 71.8 Å². The molecule has 2 unspecified atom stereocenters. The van der Waals surface area contributed by atoms with Crippen LogP contribution in [0.1, 0.15) is 104 Å². The monoisotopic (exact) mass is 692 g/mol. The molecule has 2 saturated carbocycles. The fourth-order valence-corrected chi connectivity index (χ4v) is 8.25. The summed E-state index contributed by atoms with van der Waals surface area (Å²) in [6.07, 6.45) is -0.968. The zero-order valence-corrected chi connectivity index (χ0v) is 30.6. The van der Waals surface area contributed by atoms with E-state index in [1.165, 1.54) is 0 Å². The van der Waals surface area contributed by atoms with Crippen LogP contribution in [0.4, 0.5) is 4.39 Å². The third kappa shape index (κ3) is 7.32. The smallest absolute Gasteiger partial charge is 0.315 e. The second-order valence-electron chi connectivity index (χ2n) is 16.7.